The largest absolute Gasteiger partial charge is 0.499 e. The molecule has 0 amide bonds. The monoisotopic (exact) mass is 218 g/mol. The third kappa shape index (κ3) is 11.3. The van der Waals surface area contributed by atoms with Crippen LogP contribution in [-0.4, -0.2) is 39.3 Å². The van der Waals surface area contributed by atoms with E-state index in [4.69, 9.17) is 18.9 Å². The van der Waals surface area contributed by atoms with Gasteiger partial charge in [0, 0.05) is 6.61 Å². The second kappa shape index (κ2) is 11.5. The van der Waals surface area contributed by atoms with Crippen molar-refractivity contribution in [3.05, 3.63) is 12.3 Å². The van der Waals surface area contributed by atoms with E-state index in [0.29, 0.717) is 33.0 Å². The molecule has 0 aliphatic heterocycles. The first-order valence-corrected chi connectivity index (χ1v) is 5.35. The van der Waals surface area contributed by atoms with E-state index in [0.717, 1.165) is 0 Å². The van der Waals surface area contributed by atoms with Crippen LogP contribution in [0.2, 0.25) is 0 Å². The summed E-state index contributed by atoms with van der Waals surface area (Å²) in [6.45, 7) is 8.65. The molecule has 90 valence electrons. The minimum Gasteiger partial charge on any atom is -0.499 e. The molecule has 0 bridgehead atoms. The topological polar surface area (TPSA) is 36.9 Å². The molecule has 1 atom stereocenters. The Bertz CT molecular complexity index is 148. The van der Waals surface area contributed by atoms with Gasteiger partial charge in [-0.1, -0.05) is 6.08 Å². The fraction of sp³-hybridized carbons (Fsp3) is 0.818. The summed E-state index contributed by atoms with van der Waals surface area (Å²) >= 11 is 0. The second-order valence-corrected chi connectivity index (χ2v) is 2.85. The van der Waals surface area contributed by atoms with Crippen LogP contribution in [0.25, 0.3) is 0 Å². The zero-order chi connectivity index (χ0) is 11.4. The van der Waals surface area contributed by atoms with E-state index in [2.05, 4.69) is 0 Å². The molecule has 4 nitrogen and oxygen atoms in total. The van der Waals surface area contributed by atoms with Gasteiger partial charge in [-0.05, 0) is 20.8 Å². The smallest absolute Gasteiger partial charge is 0.154 e. The molecule has 0 rings (SSSR count). The number of rotatable bonds is 10. The fourth-order valence-corrected chi connectivity index (χ4v) is 0.929. The van der Waals surface area contributed by atoms with Crippen LogP contribution >= 0.6 is 0 Å². The molecule has 0 heterocycles. The number of ether oxygens (including phenoxy) is 4. The minimum atomic E-state index is -0.155. The Balaban J connectivity index is 3.04. The summed E-state index contributed by atoms with van der Waals surface area (Å²) in [6.07, 6.45) is 3.34. The predicted octanol–water partition coefficient (Wildman–Crippen LogP) is 1.95. The molecule has 0 aromatic carbocycles. The summed E-state index contributed by atoms with van der Waals surface area (Å²) in [6, 6.07) is 0. The van der Waals surface area contributed by atoms with Gasteiger partial charge >= 0.3 is 0 Å². The average molecular weight is 218 g/mol. The molecule has 0 aromatic rings. The van der Waals surface area contributed by atoms with E-state index in [9.17, 15) is 0 Å². The lowest BCUT2D eigenvalue weighted by molar-refractivity contribution is -0.136. The van der Waals surface area contributed by atoms with Crippen molar-refractivity contribution >= 4 is 0 Å². The summed E-state index contributed by atoms with van der Waals surface area (Å²) < 4.78 is 20.8. The molecular weight excluding hydrogens is 196 g/mol. The van der Waals surface area contributed by atoms with E-state index in [1.807, 2.05) is 26.8 Å². The molecule has 0 aliphatic carbocycles. The Morgan fingerprint density at radius 3 is 2.47 bits per heavy atom. The average Bonchev–Trinajstić information content (AvgIpc) is 2.22. The fourth-order valence-electron chi connectivity index (χ4n) is 0.929. The maximum atomic E-state index is 5.31. The van der Waals surface area contributed by atoms with Gasteiger partial charge in [0.15, 0.2) is 6.29 Å². The first-order valence-electron chi connectivity index (χ1n) is 5.35. The van der Waals surface area contributed by atoms with Crippen LogP contribution < -0.4 is 0 Å². The Hall–Kier alpha value is -0.580. The standard InChI is InChI=1S/C11H22O4/c1-4-6-12-7-8-13-9-10-15-11(3)14-5-2/h4,6,11H,5,7-10H2,1-3H3/b6-4+. The Morgan fingerprint density at radius 2 is 1.80 bits per heavy atom. The van der Waals surface area contributed by atoms with Crippen LogP contribution in [0.3, 0.4) is 0 Å². The van der Waals surface area contributed by atoms with Gasteiger partial charge in [-0.2, -0.15) is 0 Å². The quantitative estimate of drug-likeness (QED) is 0.319. The van der Waals surface area contributed by atoms with Gasteiger partial charge in [-0.25, -0.2) is 0 Å². The number of allylic oxidation sites excluding steroid dienone is 1. The van der Waals surface area contributed by atoms with Crippen LogP contribution in [0.5, 0.6) is 0 Å². The Labute approximate surface area is 92.2 Å². The number of hydrogen-bond donors (Lipinski definition) is 0. The highest BCUT2D eigenvalue weighted by molar-refractivity contribution is 4.64. The van der Waals surface area contributed by atoms with Crippen LogP contribution in [-0.2, 0) is 18.9 Å². The zero-order valence-electron chi connectivity index (χ0n) is 9.90. The molecule has 0 aromatic heterocycles. The molecular formula is C11H22O4. The van der Waals surface area contributed by atoms with Crippen LogP contribution in [0.1, 0.15) is 20.8 Å². The molecule has 0 saturated carbocycles. The van der Waals surface area contributed by atoms with Crippen LogP contribution in [0.4, 0.5) is 0 Å². The predicted molar refractivity (Wildman–Crippen MR) is 58.6 cm³/mol. The van der Waals surface area contributed by atoms with Crippen molar-refractivity contribution in [2.45, 2.75) is 27.1 Å². The molecule has 0 saturated heterocycles. The van der Waals surface area contributed by atoms with E-state index in [1.54, 1.807) is 6.26 Å². The van der Waals surface area contributed by atoms with Crippen molar-refractivity contribution in [2.75, 3.05) is 33.0 Å². The van der Waals surface area contributed by atoms with Crippen molar-refractivity contribution in [1.82, 2.24) is 0 Å². The summed E-state index contributed by atoms with van der Waals surface area (Å²) in [5.74, 6) is 0. The number of hydrogen-bond acceptors (Lipinski definition) is 4. The summed E-state index contributed by atoms with van der Waals surface area (Å²) in [5, 5.41) is 0. The first kappa shape index (κ1) is 14.4. The summed E-state index contributed by atoms with van der Waals surface area (Å²) in [7, 11) is 0. The maximum absolute atomic E-state index is 5.31. The maximum Gasteiger partial charge on any atom is 0.154 e. The van der Waals surface area contributed by atoms with Crippen molar-refractivity contribution in [2.24, 2.45) is 0 Å². The van der Waals surface area contributed by atoms with Crippen molar-refractivity contribution < 1.29 is 18.9 Å². The molecule has 0 fully saturated rings. The van der Waals surface area contributed by atoms with Gasteiger partial charge < -0.3 is 18.9 Å². The minimum absolute atomic E-state index is 0.155. The zero-order valence-corrected chi connectivity index (χ0v) is 9.90. The molecule has 0 N–H and O–H groups in total. The van der Waals surface area contributed by atoms with Crippen molar-refractivity contribution in [3.63, 3.8) is 0 Å². The SMILES string of the molecule is C/C=C/OCCOCCOC(C)OCC. The Morgan fingerprint density at radius 1 is 1.07 bits per heavy atom. The highest BCUT2D eigenvalue weighted by Crippen LogP contribution is 1.92. The molecule has 15 heavy (non-hydrogen) atoms. The van der Waals surface area contributed by atoms with Gasteiger partial charge in [0.05, 0.1) is 26.1 Å². The highest BCUT2D eigenvalue weighted by atomic mass is 16.7. The molecule has 1 unspecified atom stereocenters. The molecule has 4 heteroatoms. The lowest BCUT2D eigenvalue weighted by Crippen LogP contribution is -2.16. The van der Waals surface area contributed by atoms with E-state index in [-0.39, 0.29) is 6.29 Å². The summed E-state index contributed by atoms with van der Waals surface area (Å²) in [5.41, 5.74) is 0. The van der Waals surface area contributed by atoms with Gasteiger partial charge in [0.25, 0.3) is 0 Å². The molecule has 0 aliphatic rings. The van der Waals surface area contributed by atoms with E-state index in [1.165, 1.54) is 0 Å². The van der Waals surface area contributed by atoms with E-state index < -0.39 is 0 Å². The highest BCUT2D eigenvalue weighted by Gasteiger charge is 1.98. The van der Waals surface area contributed by atoms with Gasteiger partial charge in [-0.15, -0.1) is 0 Å². The van der Waals surface area contributed by atoms with Gasteiger partial charge in [0.2, 0.25) is 0 Å². The third-order valence-electron chi connectivity index (χ3n) is 1.56. The van der Waals surface area contributed by atoms with E-state index >= 15 is 0 Å². The molecule has 0 radical (unpaired) electrons. The van der Waals surface area contributed by atoms with Crippen LogP contribution in [0.15, 0.2) is 12.3 Å². The van der Waals surface area contributed by atoms with Crippen molar-refractivity contribution in [1.29, 1.82) is 0 Å². The van der Waals surface area contributed by atoms with Crippen molar-refractivity contribution in [3.8, 4) is 0 Å². The summed E-state index contributed by atoms with van der Waals surface area (Å²) in [4.78, 5) is 0. The van der Waals surface area contributed by atoms with Gasteiger partial charge in [-0.3, -0.25) is 0 Å². The Kier molecular flexibility index (Phi) is 11.1. The lowest BCUT2D eigenvalue weighted by atomic mass is 10.7. The second-order valence-electron chi connectivity index (χ2n) is 2.85. The lowest BCUT2D eigenvalue weighted by Gasteiger charge is -2.12. The molecule has 0 spiro atoms. The normalized spacial score (nSPS) is 13.3. The van der Waals surface area contributed by atoms with Gasteiger partial charge in [0.1, 0.15) is 6.61 Å². The first-order chi connectivity index (χ1) is 7.31. The third-order valence-corrected chi connectivity index (χ3v) is 1.56. The van der Waals surface area contributed by atoms with Crippen LogP contribution in [0, 0.1) is 0 Å².